The number of aromatic hydroxyl groups is 2. The second-order valence-corrected chi connectivity index (χ2v) is 15.5. The number of Topliss-reactive ketones (excluding diaryl/α,β-unsaturated/α-hetero) is 2. The Morgan fingerprint density at radius 3 is 2.33 bits per heavy atom. The molecule has 4 bridgehead atoms. The Balaban J connectivity index is 1.63. The molecule has 2 aliphatic heterocycles. The van der Waals surface area contributed by atoms with Gasteiger partial charge >= 0.3 is 0 Å². The molecule has 276 valence electrons. The first kappa shape index (κ1) is 38.3. The first-order valence-corrected chi connectivity index (χ1v) is 18.3. The molecular weight excluding hydrogens is 646 g/mol. The highest BCUT2D eigenvalue weighted by Crippen LogP contribution is 2.68. The van der Waals surface area contributed by atoms with Gasteiger partial charge in [-0.25, -0.2) is 0 Å². The van der Waals surface area contributed by atoms with Gasteiger partial charge in [0.15, 0.2) is 22.8 Å². The average molecular weight is 702 g/mol. The van der Waals surface area contributed by atoms with Crippen LogP contribution in [0.1, 0.15) is 109 Å². The van der Waals surface area contributed by atoms with Gasteiger partial charge in [-0.3, -0.25) is 14.4 Å². The molecule has 1 saturated heterocycles. The van der Waals surface area contributed by atoms with Gasteiger partial charge < -0.3 is 29.7 Å². The van der Waals surface area contributed by atoms with E-state index in [1.165, 1.54) is 5.57 Å². The minimum atomic E-state index is -1.61. The predicted molar refractivity (Wildman–Crippen MR) is 197 cm³/mol. The molecule has 1 unspecified atom stereocenters. The summed E-state index contributed by atoms with van der Waals surface area (Å²) >= 11 is 0. The molecule has 0 radical (unpaired) electrons. The lowest BCUT2D eigenvalue weighted by Gasteiger charge is -2.56. The van der Waals surface area contributed by atoms with E-state index in [1.807, 2.05) is 53.7 Å². The quantitative estimate of drug-likeness (QED) is 0.104. The number of allylic oxidation sites excluding steroid dienone is 7. The fourth-order valence-corrected chi connectivity index (χ4v) is 8.33. The van der Waals surface area contributed by atoms with Crippen LogP contribution in [0.5, 0.6) is 17.2 Å². The predicted octanol–water partition coefficient (Wildman–Crippen LogP) is 7.34. The van der Waals surface area contributed by atoms with Crippen LogP contribution in [0.15, 0.2) is 58.2 Å². The van der Waals surface area contributed by atoms with Gasteiger partial charge in [-0.15, -0.1) is 0 Å². The van der Waals surface area contributed by atoms with Crippen molar-refractivity contribution in [3.63, 3.8) is 0 Å². The fourth-order valence-electron chi connectivity index (χ4n) is 8.33. The Morgan fingerprint density at radius 2 is 1.67 bits per heavy atom. The number of fused-ring (bicyclic) bond motifs is 1. The molecule has 1 aromatic rings. The molecule has 3 aliphatic carbocycles. The molecule has 6 rings (SSSR count). The smallest absolute Gasteiger partial charge is 0.246 e. The van der Waals surface area contributed by atoms with Gasteiger partial charge in [0.05, 0.1) is 12.2 Å². The molecule has 2 heterocycles. The van der Waals surface area contributed by atoms with E-state index in [0.29, 0.717) is 42.9 Å². The number of carbonyl (C=O) groups excluding carboxylic acids is 3. The van der Waals surface area contributed by atoms with Gasteiger partial charge in [0.25, 0.3) is 0 Å². The van der Waals surface area contributed by atoms with Gasteiger partial charge in [-0.2, -0.15) is 0 Å². The van der Waals surface area contributed by atoms with Crippen molar-refractivity contribution in [1.82, 2.24) is 5.32 Å². The normalized spacial score (nSPS) is 25.9. The molecule has 51 heavy (non-hydrogen) atoms. The Hall–Kier alpha value is -3.95. The maximum absolute atomic E-state index is 14.9. The minimum absolute atomic E-state index is 0.000166. The molecule has 2 fully saturated rings. The van der Waals surface area contributed by atoms with E-state index in [-0.39, 0.29) is 59.3 Å². The van der Waals surface area contributed by atoms with Crippen LogP contribution in [0, 0.1) is 11.8 Å². The number of phenolic OH excluding ortho intramolecular Hbond substituents is 2. The zero-order valence-electron chi connectivity index (χ0n) is 31.7. The van der Waals surface area contributed by atoms with Crippen molar-refractivity contribution in [2.75, 3.05) is 19.8 Å². The molecule has 1 amide bonds. The topological polar surface area (TPSA) is 131 Å². The summed E-state index contributed by atoms with van der Waals surface area (Å²) in [5.74, 6) is -2.28. The van der Waals surface area contributed by atoms with Crippen LogP contribution in [0.3, 0.4) is 0 Å². The Kier molecular flexibility index (Phi) is 10.9. The van der Waals surface area contributed by atoms with Crippen molar-refractivity contribution >= 4 is 17.5 Å². The van der Waals surface area contributed by atoms with Crippen molar-refractivity contribution in [2.45, 2.75) is 118 Å². The molecule has 1 aromatic carbocycles. The second kappa shape index (κ2) is 14.6. The molecule has 1 saturated carbocycles. The van der Waals surface area contributed by atoms with E-state index in [9.17, 15) is 24.6 Å². The van der Waals surface area contributed by atoms with Crippen molar-refractivity contribution in [2.24, 2.45) is 11.8 Å². The lowest BCUT2D eigenvalue weighted by atomic mass is 9.51. The monoisotopic (exact) mass is 701 g/mol. The average Bonchev–Trinajstić information content (AvgIpc) is 3.21. The van der Waals surface area contributed by atoms with Gasteiger partial charge in [-0.1, -0.05) is 47.1 Å². The fraction of sp³-hybridized carbons (Fsp3) is 0.548. The molecule has 4 atom stereocenters. The summed E-state index contributed by atoms with van der Waals surface area (Å²) < 4.78 is 19.2. The number of hydrogen-bond donors (Lipinski definition) is 3. The SMILES string of the molecule is CCOCCNC(=O)C(C)=CC[C@@]12OC(C)(C)[C@@H]3CC(C=C4C(=O)c5c(O)c(CC=C(C)CCC=C(C)C)c(O)c(CC=C(C)C)c5O[C@]431)C2=O. The van der Waals surface area contributed by atoms with E-state index in [0.717, 1.165) is 24.0 Å². The number of phenols is 2. The minimum Gasteiger partial charge on any atom is -0.507 e. The second-order valence-electron chi connectivity index (χ2n) is 15.5. The molecule has 0 aromatic heterocycles. The summed E-state index contributed by atoms with van der Waals surface area (Å²) in [6, 6.07) is 0. The van der Waals surface area contributed by atoms with Crippen LogP contribution in [-0.2, 0) is 31.9 Å². The van der Waals surface area contributed by atoms with Crippen molar-refractivity contribution in [1.29, 1.82) is 0 Å². The standard InChI is InChI=1S/C42H55NO8/c1-10-49-21-20-43-39(48)27(7)18-19-41-38(47)28-22-31-36(46)33-35(45)29(17-15-26(6)13-11-12-24(2)3)34(44)30(16-14-25(4)5)37(33)50-42(31,41)32(23-28)40(8,9)51-41/h12,14-15,18,22,28,32,44-45H,10-11,13,16-17,19-21,23H2,1-9H3,(H,43,48)/t28?,32-,41-,42+/m0/s1. The summed E-state index contributed by atoms with van der Waals surface area (Å²) in [6.07, 6.45) is 12.1. The van der Waals surface area contributed by atoms with Crippen molar-refractivity contribution in [3.05, 3.63) is 74.9 Å². The van der Waals surface area contributed by atoms with Gasteiger partial charge in [0, 0.05) is 53.7 Å². The summed E-state index contributed by atoms with van der Waals surface area (Å²) in [5, 5.41) is 26.5. The molecular formula is C42H55NO8. The van der Waals surface area contributed by atoms with E-state index < -0.39 is 34.4 Å². The third-order valence-electron chi connectivity index (χ3n) is 10.9. The first-order valence-electron chi connectivity index (χ1n) is 18.3. The Labute approximate surface area is 302 Å². The van der Waals surface area contributed by atoms with E-state index in [4.69, 9.17) is 14.2 Å². The molecule has 1 spiro atoms. The number of amides is 1. The maximum atomic E-state index is 14.9. The van der Waals surface area contributed by atoms with Crippen LogP contribution in [-0.4, -0.2) is 64.2 Å². The van der Waals surface area contributed by atoms with E-state index in [1.54, 1.807) is 19.1 Å². The van der Waals surface area contributed by atoms with Crippen LogP contribution in [0.4, 0.5) is 0 Å². The lowest BCUT2D eigenvalue weighted by molar-refractivity contribution is -0.171. The number of ether oxygens (including phenoxy) is 3. The van der Waals surface area contributed by atoms with Gasteiger partial charge in [-0.05, 0) is 94.4 Å². The van der Waals surface area contributed by atoms with Gasteiger partial charge in [0.2, 0.25) is 5.91 Å². The van der Waals surface area contributed by atoms with E-state index in [2.05, 4.69) is 25.2 Å². The highest BCUT2D eigenvalue weighted by atomic mass is 16.6. The number of hydrogen-bond acceptors (Lipinski definition) is 8. The van der Waals surface area contributed by atoms with E-state index >= 15 is 0 Å². The third kappa shape index (κ3) is 6.63. The Morgan fingerprint density at radius 1 is 0.980 bits per heavy atom. The van der Waals surface area contributed by atoms with Crippen LogP contribution >= 0.6 is 0 Å². The highest BCUT2D eigenvalue weighted by molar-refractivity contribution is 6.18. The summed E-state index contributed by atoms with van der Waals surface area (Å²) in [5.41, 5.74) is 0.670. The summed E-state index contributed by atoms with van der Waals surface area (Å²) in [4.78, 5) is 42.3. The first-order chi connectivity index (χ1) is 24.0. The zero-order chi connectivity index (χ0) is 37.5. The number of ketones is 2. The summed E-state index contributed by atoms with van der Waals surface area (Å²) in [7, 11) is 0. The van der Waals surface area contributed by atoms with Crippen LogP contribution in [0.2, 0.25) is 0 Å². The van der Waals surface area contributed by atoms with Crippen LogP contribution in [0.25, 0.3) is 0 Å². The molecule has 5 aliphatic rings. The molecule has 9 heteroatoms. The number of carbonyl (C=O) groups is 3. The van der Waals surface area contributed by atoms with Crippen molar-refractivity contribution in [3.8, 4) is 17.2 Å². The lowest BCUT2D eigenvalue weighted by Crippen LogP contribution is -2.72. The van der Waals surface area contributed by atoms with Gasteiger partial charge in [0.1, 0.15) is 22.8 Å². The maximum Gasteiger partial charge on any atom is 0.246 e. The van der Waals surface area contributed by atoms with Crippen LogP contribution < -0.4 is 10.1 Å². The number of rotatable bonds is 14. The Bertz CT molecular complexity index is 1770. The molecule has 9 nitrogen and oxygen atoms in total. The molecule has 3 N–H and O–H groups in total. The largest absolute Gasteiger partial charge is 0.507 e. The van der Waals surface area contributed by atoms with Crippen molar-refractivity contribution < 1.29 is 38.8 Å². The number of benzene rings is 1. The zero-order valence-corrected chi connectivity index (χ0v) is 31.7. The third-order valence-corrected chi connectivity index (χ3v) is 10.9. The number of nitrogens with one attached hydrogen (secondary N) is 1. The summed E-state index contributed by atoms with van der Waals surface area (Å²) in [6.45, 7) is 18.7. The highest BCUT2D eigenvalue weighted by Gasteiger charge is 2.81.